The van der Waals surface area contributed by atoms with Gasteiger partial charge in [-0.1, -0.05) is 6.07 Å². The molecule has 1 unspecified atom stereocenters. The van der Waals surface area contributed by atoms with Gasteiger partial charge in [-0.15, -0.1) is 0 Å². The van der Waals surface area contributed by atoms with Crippen molar-refractivity contribution >= 4 is 17.5 Å². The Balaban J connectivity index is 1.84. The van der Waals surface area contributed by atoms with Crippen LogP contribution in [0.2, 0.25) is 0 Å². The van der Waals surface area contributed by atoms with E-state index in [0.717, 1.165) is 23.3 Å². The van der Waals surface area contributed by atoms with Gasteiger partial charge in [0.05, 0.1) is 5.56 Å². The highest BCUT2D eigenvalue weighted by molar-refractivity contribution is 6.04. The number of hydroxylamine groups is 1. The first-order valence-corrected chi connectivity index (χ1v) is 9.80. The molecule has 2 aromatic rings. The van der Waals surface area contributed by atoms with Crippen LogP contribution in [0, 0.1) is 5.92 Å². The van der Waals surface area contributed by atoms with Crippen LogP contribution in [0.25, 0.3) is 0 Å². The highest BCUT2D eigenvalue weighted by Crippen LogP contribution is 2.32. The molecule has 1 aliphatic carbocycles. The van der Waals surface area contributed by atoms with Gasteiger partial charge in [-0.05, 0) is 80.4 Å². The monoisotopic (exact) mass is 435 g/mol. The molecule has 0 saturated heterocycles. The molecular formula is C22H24F3N3O3. The Bertz CT molecular complexity index is 990. The number of amides is 2. The average Bonchev–Trinajstić information content (AvgIpc) is 2.71. The first kappa shape index (κ1) is 22.8. The molecule has 166 valence electrons. The fraction of sp³-hybridized carbons (Fsp3) is 0.364. The third kappa shape index (κ3) is 5.62. The van der Waals surface area contributed by atoms with Crippen LogP contribution in [-0.4, -0.2) is 36.0 Å². The van der Waals surface area contributed by atoms with Gasteiger partial charge in [-0.25, -0.2) is 5.48 Å². The molecule has 0 heterocycles. The van der Waals surface area contributed by atoms with E-state index in [9.17, 15) is 22.8 Å². The Hall–Kier alpha value is -2.91. The number of nitrogens with zero attached hydrogens (tertiary/aromatic N) is 1. The van der Waals surface area contributed by atoms with Gasteiger partial charge in [-0.2, -0.15) is 13.2 Å². The van der Waals surface area contributed by atoms with E-state index in [-0.39, 0.29) is 18.0 Å². The summed E-state index contributed by atoms with van der Waals surface area (Å²) in [6.45, 7) is 0.261. The summed E-state index contributed by atoms with van der Waals surface area (Å²) in [4.78, 5) is 26.2. The van der Waals surface area contributed by atoms with Crippen molar-refractivity contribution in [2.45, 2.75) is 32.0 Å². The van der Waals surface area contributed by atoms with Crippen molar-refractivity contribution in [2.75, 3.05) is 19.4 Å². The maximum absolute atomic E-state index is 13.3. The first-order valence-electron chi connectivity index (χ1n) is 9.80. The Morgan fingerprint density at radius 2 is 1.87 bits per heavy atom. The van der Waals surface area contributed by atoms with E-state index in [1.807, 2.05) is 6.07 Å². The van der Waals surface area contributed by atoms with Crippen molar-refractivity contribution < 1.29 is 28.0 Å². The van der Waals surface area contributed by atoms with Crippen LogP contribution >= 0.6 is 0 Å². The molecular weight excluding hydrogens is 411 g/mol. The number of carbonyl (C=O) groups is 2. The standard InChI is InChI=1S/C22H24F3N3O3/c1-28(2)12-13-7-17(10-18(8-13)22(23,24)25)20(29)26-19-6-5-14-3-4-15(21(30)27-31)9-16(14)11-19/h5-8,10-11,15,31H,3-4,9,12H2,1-2H3,(H,26,29)(H,27,30). The number of benzene rings is 2. The lowest BCUT2D eigenvalue weighted by Gasteiger charge is -2.23. The van der Waals surface area contributed by atoms with Crippen molar-refractivity contribution in [3.8, 4) is 0 Å². The van der Waals surface area contributed by atoms with E-state index < -0.39 is 23.6 Å². The third-order valence-electron chi connectivity index (χ3n) is 5.25. The van der Waals surface area contributed by atoms with Gasteiger partial charge in [0.15, 0.2) is 0 Å². The first-order chi connectivity index (χ1) is 14.6. The summed E-state index contributed by atoms with van der Waals surface area (Å²) in [6, 6.07) is 8.58. The van der Waals surface area contributed by atoms with Crippen molar-refractivity contribution in [3.63, 3.8) is 0 Å². The number of rotatable bonds is 5. The minimum atomic E-state index is -4.56. The van der Waals surface area contributed by atoms with Crippen molar-refractivity contribution in [1.82, 2.24) is 10.4 Å². The number of hydrogen-bond acceptors (Lipinski definition) is 4. The molecule has 0 aliphatic heterocycles. The number of fused-ring (bicyclic) bond motifs is 1. The fourth-order valence-corrected chi connectivity index (χ4v) is 3.80. The molecule has 6 nitrogen and oxygen atoms in total. The molecule has 31 heavy (non-hydrogen) atoms. The zero-order chi connectivity index (χ0) is 22.8. The summed E-state index contributed by atoms with van der Waals surface area (Å²) in [5, 5.41) is 11.5. The van der Waals surface area contributed by atoms with E-state index in [2.05, 4.69) is 5.32 Å². The summed E-state index contributed by atoms with van der Waals surface area (Å²) in [7, 11) is 3.47. The Kier molecular flexibility index (Phi) is 6.66. The van der Waals surface area contributed by atoms with Crippen molar-refractivity contribution in [1.29, 1.82) is 0 Å². The van der Waals surface area contributed by atoms with Crippen molar-refractivity contribution in [3.05, 3.63) is 64.2 Å². The van der Waals surface area contributed by atoms with Crippen LogP contribution in [0.3, 0.4) is 0 Å². The highest BCUT2D eigenvalue weighted by atomic mass is 19.4. The molecule has 2 aromatic carbocycles. The maximum Gasteiger partial charge on any atom is 0.416 e. The maximum atomic E-state index is 13.3. The van der Waals surface area contributed by atoms with Gasteiger partial charge >= 0.3 is 6.18 Å². The van der Waals surface area contributed by atoms with Gasteiger partial charge in [0, 0.05) is 23.7 Å². The van der Waals surface area contributed by atoms with Gasteiger partial charge in [0.1, 0.15) is 0 Å². The lowest BCUT2D eigenvalue weighted by molar-refractivity contribution is -0.137. The van der Waals surface area contributed by atoms with Crippen LogP contribution in [-0.2, 0) is 30.4 Å². The van der Waals surface area contributed by atoms with E-state index in [4.69, 9.17) is 5.21 Å². The zero-order valence-corrected chi connectivity index (χ0v) is 17.2. The lowest BCUT2D eigenvalue weighted by Crippen LogP contribution is -2.32. The van der Waals surface area contributed by atoms with Crippen molar-refractivity contribution in [2.24, 2.45) is 5.92 Å². The van der Waals surface area contributed by atoms with Crippen LogP contribution < -0.4 is 10.8 Å². The highest BCUT2D eigenvalue weighted by Gasteiger charge is 2.32. The Morgan fingerprint density at radius 1 is 1.13 bits per heavy atom. The second-order valence-electron chi connectivity index (χ2n) is 8.01. The molecule has 0 fully saturated rings. The number of nitrogens with one attached hydrogen (secondary N) is 2. The summed E-state index contributed by atoms with van der Waals surface area (Å²) in [6.07, 6.45) is -2.90. The molecule has 1 atom stereocenters. The Morgan fingerprint density at radius 3 is 2.52 bits per heavy atom. The number of aryl methyl sites for hydroxylation is 1. The van der Waals surface area contributed by atoms with E-state index in [1.165, 1.54) is 6.07 Å². The molecule has 0 radical (unpaired) electrons. The summed E-state index contributed by atoms with van der Waals surface area (Å²) in [5.41, 5.74) is 3.41. The summed E-state index contributed by atoms with van der Waals surface area (Å²) < 4.78 is 39.9. The molecule has 3 N–H and O–H groups in total. The molecule has 2 amide bonds. The normalized spacial score (nSPS) is 16.0. The number of carbonyl (C=O) groups excluding carboxylic acids is 2. The Labute approximate surface area is 178 Å². The van der Waals surface area contributed by atoms with Crippen LogP contribution in [0.4, 0.5) is 18.9 Å². The molecule has 0 bridgehead atoms. The largest absolute Gasteiger partial charge is 0.416 e. The lowest BCUT2D eigenvalue weighted by atomic mass is 9.83. The zero-order valence-electron chi connectivity index (χ0n) is 17.2. The molecule has 0 spiro atoms. The fourth-order valence-electron chi connectivity index (χ4n) is 3.80. The van der Waals surface area contributed by atoms with Crippen LogP contribution in [0.1, 0.15) is 39.0 Å². The van der Waals surface area contributed by atoms with E-state index in [0.29, 0.717) is 30.5 Å². The molecule has 1 aliphatic rings. The van der Waals surface area contributed by atoms with Gasteiger partial charge in [-0.3, -0.25) is 14.8 Å². The average molecular weight is 435 g/mol. The second kappa shape index (κ2) is 9.07. The van der Waals surface area contributed by atoms with Gasteiger partial charge < -0.3 is 10.2 Å². The number of alkyl halides is 3. The molecule has 9 heteroatoms. The number of anilines is 1. The number of halogens is 3. The number of hydrogen-bond donors (Lipinski definition) is 3. The molecule has 0 saturated carbocycles. The second-order valence-corrected chi connectivity index (χ2v) is 8.01. The topological polar surface area (TPSA) is 81.7 Å². The third-order valence-corrected chi connectivity index (χ3v) is 5.25. The van der Waals surface area contributed by atoms with Crippen LogP contribution in [0.15, 0.2) is 36.4 Å². The summed E-state index contributed by atoms with van der Waals surface area (Å²) in [5.74, 6) is -1.48. The van der Waals surface area contributed by atoms with Gasteiger partial charge in [0.25, 0.3) is 5.91 Å². The minimum absolute atomic E-state index is 0.0815. The molecule has 3 rings (SSSR count). The predicted molar refractivity (Wildman–Crippen MR) is 109 cm³/mol. The van der Waals surface area contributed by atoms with Gasteiger partial charge in [0.2, 0.25) is 5.91 Å². The smallest absolute Gasteiger partial charge is 0.322 e. The SMILES string of the molecule is CN(C)Cc1cc(C(=O)Nc2ccc3c(c2)CC(C(=O)NO)CC3)cc(C(F)(F)F)c1. The van der Waals surface area contributed by atoms with E-state index in [1.54, 1.807) is 36.6 Å². The molecule has 0 aromatic heterocycles. The quantitative estimate of drug-likeness (QED) is 0.495. The summed E-state index contributed by atoms with van der Waals surface area (Å²) >= 11 is 0. The van der Waals surface area contributed by atoms with Crippen LogP contribution in [0.5, 0.6) is 0 Å². The minimum Gasteiger partial charge on any atom is -0.322 e. The predicted octanol–water partition coefficient (Wildman–Crippen LogP) is 3.63. The van der Waals surface area contributed by atoms with E-state index >= 15 is 0 Å².